The lowest BCUT2D eigenvalue weighted by molar-refractivity contribution is -0.125. The molecule has 2 aliphatic heterocycles. The van der Waals surface area contributed by atoms with Gasteiger partial charge >= 0.3 is 12.1 Å². The summed E-state index contributed by atoms with van der Waals surface area (Å²) in [5.74, 6) is -1.21. The Kier molecular flexibility index (Phi) is 9.54. The fourth-order valence-corrected chi connectivity index (χ4v) is 6.01. The zero-order valence-corrected chi connectivity index (χ0v) is 26.0. The summed E-state index contributed by atoms with van der Waals surface area (Å²) in [6.07, 6.45) is -0.0284. The van der Waals surface area contributed by atoms with Crippen LogP contribution in [0.5, 0.6) is 0 Å². The average molecular weight is 630 g/mol. The first-order valence-electron chi connectivity index (χ1n) is 13.8. The third kappa shape index (κ3) is 7.04. The molecule has 1 spiro atoms. The Bertz CT molecular complexity index is 1430. The van der Waals surface area contributed by atoms with Crippen molar-refractivity contribution in [2.24, 2.45) is 0 Å². The van der Waals surface area contributed by atoms with E-state index >= 15 is 0 Å². The molecule has 2 aromatic rings. The molecule has 2 aromatic carbocycles. The molecule has 11 nitrogen and oxygen atoms in total. The number of nitrogens with zero attached hydrogens (tertiary/aromatic N) is 4. The topological polar surface area (TPSA) is 135 Å². The predicted molar refractivity (Wildman–Crippen MR) is 162 cm³/mol. The Morgan fingerprint density at radius 2 is 1.70 bits per heavy atom. The Balaban J connectivity index is 1.50. The first-order valence-corrected chi connectivity index (χ1v) is 14.5. The number of nitriles is 1. The van der Waals surface area contributed by atoms with Gasteiger partial charge in [0.15, 0.2) is 0 Å². The van der Waals surface area contributed by atoms with Crippen LogP contribution in [-0.4, -0.2) is 84.6 Å². The lowest BCUT2D eigenvalue weighted by Gasteiger charge is -2.34. The zero-order valence-electron chi connectivity index (χ0n) is 24.4. The number of ether oxygens (including phenoxy) is 1. The SMILES string of the molecule is CN1C(=O)N(c2cc(Cl)cc(Cl)c2)C(=O)[C@]12CN(CC(=O)NCCCNC(=O)OC(C)(C)C)C[C@H]2c1ccc(C#N)cc1. The van der Waals surface area contributed by atoms with E-state index in [-0.39, 0.29) is 34.7 Å². The minimum atomic E-state index is -1.32. The highest BCUT2D eigenvalue weighted by atomic mass is 35.5. The van der Waals surface area contributed by atoms with Crippen LogP contribution in [0.1, 0.15) is 44.2 Å². The quantitative estimate of drug-likeness (QED) is 0.331. The summed E-state index contributed by atoms with van der Waals surface area (Å²) in [4.78, 5) is 56.9. The highest BCUT2D eigenvalue weighted by Crippen LogP contribution is 2.46. The second kappa shape index (κ2) is 12.8. The van der Waals surface area contributed by atoms with Crippen molar-refractivity contribution >= 4 is 52.8 Å². The van der Waals surface area contributed by atoms with E-state index in [1.54, 1.807) is 52.1 Å². The first-order chi connectivity index (χ1) is 20.2. The number of carbonyl (C=O) groups is 4. The van der Waals surface area contributed by atoms with Crippen LogP contribution in [0.3, 0.4) is 0 Å². The second-order valence-corrected chi connectivity index (χ2v) is 12.5. The van der Waals surface area contributed by atoms with E-state index in [1.165, 1.54) is 23.1 Å². The minimum Gasteiger partial charge on any atom is -0.444 e. The number of carbonyl (C=O) groups excluding carboxylic acids is 4. The van der Waals surface area contributed by atoms with Gasteiger partial charge in [0.25, 0.3) is 5.91 Å². The van der Waals surface area contributed by atoms with Crippen molar-refractivity contribution < 1.29 is 23.9 Å². The molecule has 13 heteroatoms. The normalized spacial score (nSPS) is 20.4. The number of nitrogens with one attached hydrogen (secondary N) is 2. The molecule has 228 valence electrons. The fraction of sp³-hybridized carbons (Fsp3) is 0.433. The molecule has 0 aliphatic carbocycles. The zero-order chi connectivity index (χ0) is 31.5. The number of rotatable bonds is 8. The number of likely N-dealkylation sites (tertiary alicyclic amines) is 1. The first kappa shape index (κ1) is 32.1. The standard InChI is InChI=1S/C30H34Cl2N6O5/c1-29(2,3)43-27(41)35-11-5-10-34-25(39)17-37-16-24(20-8-6-19(15-33)7-9-20)30(18-37)26(40)38(28(42)36(30)4)23-13-21(31)12-22(32)14-23/h6-9,12-14,24H,5,10-11,16-18H2,1-4H3,(H,34,39)(H,35,41)/t24-,30+/m0/s1. The maximum absolute atomic E-state index is 14.3. The van der Waals surface area contributed by atoms with Crippen LogP contribution in [0.2, 0.25) is 10.0 Å². The average Bonchev–Trinajstić information content (AvgIpc) is 3.38. The highest BCUT2D eigenvalue weighted by Gasteiger charge is 2.64. The van der Waals surface area contributed by atoms with Gasteiger partial charge in [-0.15, -0.1) is 0 Å². The van der Waals surface area contributed by atoms with Crippen molar-refractivity contribution in [1.29, 1.82) is 5.26 Å². The van der Waals surface area contributed by atoms with Crippen LogP contribution in [0, 0.1) is 11.3 Å². The van der Waals surface area contributed by atoms with E-state index in [9.17, 15) is 24.4 Å². The lowest BCUT2D eigenvalue weighted by atomic mass is 9.80. The molecule has 2 atom stereocenters. The van der Waals surface area contributed by atoms with Crippen LogP contribution in [-0.2, 0) is 14.3 Å². The van der Waals surface area contributed by atoms with Gasteiger partial charge in [-0.25, -0.2) is 14.5 Å². The molecule has 0 bridgehead atoms. The number of imide groups is 1. The van der Waals surface area contributed by atoms with E-state index in [0.717, 1.165) is 10.5 Å². The van der Waals surface area contributed by atoms with Gasteiger partial charge in [-0.05, 0) is 63.1 Å². The van der Waals surface area contributed by atoms with E-state index in [0.29, 0.717) is 31.6 Å². The summed E-state index contributed by atoms with van der Waals surface area (Å²) >= 11 is 12.4. The summed E-state index contributed by atoms with van der Waals surface area (Å²) in [6, 6.07) is 13.0. The maximum Gasteiger partial charge on any atom is 0.407 e. The molecule has 0 aromatic heterocycles. The predicted octanol–water partition coefficient (Wildman–Crippen LogP) is 4.13. The van der Waals surface area contributed by atoms with Crippen LogP contribution in [0.15, 0.2) is 42.5 Å². The Hall–Kier alpha value is -3.85. The molecule has 4 rings (SSSR count). The van der Waals surface area contributed by atoms with E-state index in [4.69, 9.17) is 27.9 Å². The number of hydrogen-bond donors (Lipinski definition) is 2. The van der Waals surface area contributed by atoms with Gasteiger partial charge in [0.05, 0.1) is 23.9 Å². The van der Waals surface area contributed by atoms with Crippen LogP contribution in [0.25, 0.3) is 0 Å². The van der Waals surface area contributed by atoms with Crippen molar-refractivity contribution in [3.63, 3.8) is 0 Å². The summed E-state index contributed by atoms with van der Waals surface area (Å²) in [7, 11) is 1.57. The van der Waals surface area contributed by atoms with Crippen molar-refractivity contribution in [1.82, 2.24) is 20.4 Å². The molecule has 43 heavy (non-hydrogen) atoms. The maximum atomic E-state index is 14.3. The molecule has 5 amide bonds. The molecular weight excluding hydrogens is 595 g/mol. The minimum absolute atomic E-state index is 0.00761. The lowest BCUT2D eigenvalue weighted by Crippen LogP contribution is -2.54. The summed E-state index contributed by atoms with van der Waals surface area (Å²) < 4.78 is 5.20. The highest BCUT2D eigenvalue weighted by molar-refractivity contribution is 6.35. The molecule has 2 heterocycles. The number of anilines is 1. The number of halogens is 2. The summed E-state index contributed by atoms with van der Waals surface area (Å²) in [6.45, 7) is 6.40. The second-order valence-electron chi connectivity index (χ2n) is 11.6. The molecular formula is C30H34Cl2N6O5. The van der Waals surface area contributed by atoms with Gasteiger partial charge in [0.2, 0.25) is 5.91 Å². The molecule has 0 unspecified atom stereocenters. The van der Waals surface area contributed by atoms with E-state index < -0.39 is 35.1 Å². The van der Waals surface area contributed by atoms with Gasteiger partial charge in [-0.2, -0.15) is 5.26 Å². The number of hydrogen-bond acceptors (Lipinski definition) is 7. The van der Waals surface area contributed by atoms with Crippen LogP contribution < -0.4 is 15.5 Å². The number of likely N-dealkylation sites (N-methyl/N-ethyl adjacent to an activating group) is 1. The molecule has 2 aliphatic rings. The third-order valence-corrected chi connectivity index (χ3v) is 7.83. The van der Waals surface area contributed by atoms with Gasteiger partial charge < -0.3 is 20.3 Å². The molecule has 2 fully saturated rings. The Morgan fingerprint density at radius 1 is 1.07 bits per heavy atom. The van der Waals surface area contributed by atoms with Gasteiger partial charge in [0.1, 0.15) is 11.1 Å². The van der Waals surface area contributed by atoms with E-state index in [1.807, 2.05) is 4.90 Å². The number of benzene rings is 2. The number of alkyl carbamates (subject to hydrolysis) is 1. The molecule has 2 saturated heterocycles. The van der Waals surface area contributed by atoms with Gasteiger partial charge in [0, 0.05) is 49.2 Å². The Morgan fingerprint density at radius 3 is 2.30 bits per heavy atom. The Labute approximate surface area is 260 Å². The van der Waals surface area contributed by atoms with Gasteiger partial charge in [-0.3, -0.25) is 14.5 Å². The van der Waals surface area contributed by atoms with Crippen molar-refractivity contribution in [2.75, 3.05) is 44.7 Å². The fourth-order valence-electron chi connectivity index (χ4n) is 5.49. The summed E-state index contributed by atoms with van der Waals surface area (Å²) in [5.41, 5.74) is -0.443. The monoisotopic (exact) mass is 628 g/mol. The van der Waals surface area contributed by atoms with Crippen molar-refractivity contribution in [3.8, 4) is 6.07 Å². The smallest absolute Gasteiger partial charge is 0.407 e. The van der Waals surface area contributed by atoms with Crippen LogP contribution >= 0.6 is 23.2 Å². The van der Waals surface area contributed by atoms with Crippen molar-refractivity contribution in [3.05, 3.63) is 63.6 Å². The number of amides is 5. The van der Waals surface area contributed by atoms with E-state index in [2.05, 4.69) is 16.7 Å². The largest absolute Gasteiger partial charge is 0.444 e. The van der Waals surface area contributed by atoms with Crippen molar-refractivity contribution in [2.45, 2.75) is 44.2 Å². The van der Waals surface area contributed by atoms with Crippen LogP contribution in [0.4, 0.5) is 15.3 Å². The summed E-state index contributed by atoms with van der Waals surface area (Å²) in [5, 5.41) is 15.3. The van der Waals surface area contributed by atoms with Gasteiger partial charge in [-0.1, -0.05) is 35.3 Å². The molecule has 0 saturated carbocycles. The number of urea groups is 1. The third-order valence-electron chi connectivity index (χ3n) is 7.39. The molecule has 2 N–H and O–H groups in total. The molecule has 0 radical (unpaired) electrons.